The van der Waals surface area contributed by atoms with E-state index < -0.39 is 73.3 Å². The Morgan fingerprint density at radius 1 is 1.02 bits per heavy atom. The van der Waals surface area contributed by atoms with E-state index in [1.807, 2.05) is 13.0 Å². The average Bonchev–Trinajstić information content (AvgIpc) is 3.50. The molecule has 0 spiro atoms. The molecule has 2 saturated heterocycles. The fraction of sp³-hybridized carbons (Fsp3) is 0.774. The summed E-state index contributed by atoms with van der Waals surface area (Å²) in [7, 11) is 0. The number of rotatable bonds is 8. The van der Waals surface area contributed by atoms with Crippen LogP contribution in [0.2, 0.25) is 0 Å². The summed E-state index contributed by atoms with van der Waals surface area (Å²) in [5.41, 5.74) is 2.70. The summed E-state index contributed by atoms with van der Waals surface area (Å²) in [4.78, 5) is 14.2. The van der Waals surface area contributed by atoms with Gasteiger partial charge < -0.3 is 54.0 Å². The van der Waals surface area contributed by atoms with Crippen molar-refractivity contribution in [1.82, 2.24) is 0 Å². The molecule has 3 fully saturated rings. The molecule has 2 aliphatic carbocycles. The minimum atomic E-state index is -1.69. The van der Waals surface area contributed by atoms with E-state index in [2.05, 4.69) is 13.8 Å². The minimum absolute atomic E-state index is 0.0310. The van der Waals surface area contributed by atoms with Crippen LogP contribution in [0.25, 0.3) is 0 Å². The minimum Gasteiger partial charge on any atom is -0.472 e. The molecule has 242 valence electrons. The van der Waals surface area contributed by atoms with E-state index in [1.54, 1.807) is 12.5 Å². The van der Waals surface area contributed by atoms with Crippen LogP contribution in [-0.4, -0.2) is 105 Å². The summed E-state index contributed by atoms with van der Waals surface area (Å²) < 4.78 is 28.0. The number of carbonyl (C=O) groups excluding carboxylic acids is 1. The van der Waals surface area contributed by atoms with Gasteiger partial charge in [-0.05, 0) is 75.3 Å². The van der Waals surface area contributed by atoms with Gasteiger partial charge in [0.25, 0.3) is 0 Å². The maximum atomic E-state index is 14.2. The molecule has 12 atom stereocenters. The van der Waals surface area contributed by atoms with Gasteiger partial charge in [-0.25, -0.2) is 0 Å². The fourth-order valence-corrected chi connectivity index (χ4v) is 7.91. The lowest BCUT2D eigenvalue weighted by molar-refractivity contribution is -0.352. The molecule has 12 nitrogen and oxygen atoms in total. The maximum absolute atomic E-state index is 14.2. The van der Waals surface area contributed by atoms with Crippen molar-refractivity contribution >= 4 is 5.97 Å². The molecule has 1 saturated carbocycles. The number of hydrogen-bond donors (Lipinski definition) is 6. The normalized spacial score (nSPS) is 43.7. The van der Waals surface area contributed by atoms with Gasteiger partial charge in [0, 0.05) is 0 Å². The van der Waals surface area contributed by atoms with Crippen molar-refractivity contribution in [3.05, 3.63) is 35.3 Å². The van der Waals surface area contributed by atoms with E-state index in [4.69, 9.17) is 23.4 Å². The van der Waals surface area contributed by atoms with E-state index in [9.17, 15) is 35.4 Å². The Labute approximate surface area is 251 Å². The number of hydrogen-bond acceptors (Lipinski definition) is 12. The van der Waals surface area contributed by atoms with Gasteiger partial charge in [-0.2, -0.15) is 0 Å². The monoisotopic (exact) mass is 610 g/mol. The first-order valence-electron chi connectivity index (χ1n) is 15.3. The van der Waals surface area contributed by atoms with Gasteiger partial charge in [0.1, 0.15) is 36.6 Å². The smallest absolute Gasteiger partial charge is 0.314 e. The van der Waals surface area contributed by atoms with Crippen molar-refractivity contribution in [1.29, 1.82) is 0 Å². The zero-order valence-corrected chi connectivity index (χ0v) is 25.0. The highest BCUT2D eigenvalue weighted by Crippen LogP contribution is 2.61. The summed E-state index contributed by atoms with van der Waals surface area (Å²) in [5.74, 6) is -0.576. The fourth-order valence-electron chi connectivity index (χ4n) is 7.91. The van der Waals surface area contributed by atoms with Gasteiger partial charge in [0.2, 0.25) is 6.29 Å². The van der Waals surface area contributed by atoms with Gasteiger partial charge in [0.05, 0.1) is 31.2 Å². The first-order valence-corrected chi connectivity index (χ1v) is 15.3. The number of aryl methyl sites for hydroxylation is 1. The highest BCUT2D eigenvalue weighted by Gasteiger charge is 2.58. The van der Waals surface area contributed by atoms with Crippen molar-refractivity contribution < 1.29 is 58.8 Å². The molecular weight excluding hydrogens is 564 g/mol. The zero-order valence-electron chi connectivity index (χ0n) is 25.0. The molecular formula is C31H46O12. The first kappa shape index (κ1) is 32.5. The predicted molar refractivity (Wildman–Crippen MR) is 149 cm³/mol. The van der Waals surface area contributed by atoms with Crippen LogP contribution in [0.3, 0.4) is 0 Å². The molecule has 12 heteroatoms. The number of furan rings is 1. The topological polar surface area (TPSA) is 189 Å². The van der Waals surface area contributed by atoms with Crippen molar-refractivity contribution in [2.75, 3.05) is 13.2 Å². The van der Waals surface area contributed by atoms with Gasteiger partial charge in [-0.15, -0.1) is 0 Å². The number of ether oxygens (including phenoxy) is 4. The van der Waals surface area contributed by atoms with Crippen molar-refractivity contribution in [3.8, 4) is 0 Å². The molecule has 0 aromatic carbocycles. The molecule has 6 N–H and O–H groups in total. The highest BCUT2D eigenvalue weighted by molar-refractivity contribution is 5.77. The van der Waals surface area contributed by atoms with Crippen molar-refractivity contribution in [2.24, 2.45) is 16.7 Å². The lowest BCUT2D eigenvalue weighted by Gasteiger charge is -2.55. The lowest BCUT2D eigenvalue weighted by Crippen LogP contribution is -2.64. The number of aliphatic hydroxyl groups is 6. The molecule has 4 aliphatic rings. The van der Waals surface area contributed by atoms with E-state index in [0.717, 1.165) is 44.1 Å². The summed E-state index contributed by atoms with van der Waals surface area (Å²) in [6, 6.07) is 1.97. The van der Waals surface area contributed by atoms with Crippen LogP contribution in [0.15, 0.2) is 34.2 Å². The molecule has 1 aromatic rings. The third kappa shape index (κ3) is 6.06. The molecule has 1 aromatic heterocycles. The van der Waals surface area contributed by atoms with Crippen molar-refractivity contribution in [2.45, 2.75) is 121 Å². The number of allylic oxidation sites excluding steroid dienone is 2. The Bertz CT molecular complexity index is 1140. The average molecular weight is 611 g/mol. The second-order valence-electron chi connectivity index (χ2n) is 13.1. The van der Waals surface area contributed by atoms with Crippen LogP contribution in [0.4, 0.5) is 0 Å². The van der Waals surface area contributed by atoms with Gasteiger partial charge in [0.15, 0.2) is 12.4 Å². The molecule has 2 aliphatic heterocycles. The van der Waals surface area contributed by atoms with Crippen LogP contribution in [0, 0.1) is 16.7 Å². The number of aliphatic hydroxyl groups excluding tert-OH is 6. The summed E-state index contributed by atoms with van der Waals surface area (Å²) in [6.07, 6.45) is -4.66. The standard InChI is InChI=1S/C31H46O12/c1-16-5-8-21-30(2,18(16)7-6-17-9-12-39-14-17)10-4-11-31(21,3)29(38)43-28-26(24(36)23(35)20(13-32)41-28)42-27-25(37)22(34)19(33)15-40-27/h9,12,14,19-28,32-37H,4-8,10-11,13,15H2,1-3H3/t19-,20+,21+,22-,23+,24-,25-,26+,27+,28-,30-,31-/m0/s1. The molecule has 43 heavy (non-hydrogen) atoms. The maximum Gasteiger partial charge on any atom is 0.314 e. The Morgan fingerprint density at radius 2 is 1.79 bits per heavy atom. The molecule has 0 unspecified atom stereocenters. The molecule has 5 rings (SSSR count). The second-order valence-corrected chi connectivity index (χ2v) is 13.1. The summed E-state index contributed by atoms with van der Waals surface area (Å²) in [5, 5.41) is 61.6. The first-order chi connectivity index (χ1) is 20.4. The lowest BCUT2D eigenvalue weighted by atomic mass is 9.49. The number of carbonyl (C=O) groups is 1. The third-order valence-electron chi connectivity index (χ3n) is 10.4. The van der Waals surface area contributed by atoms with E-state index in [-0.39, 0.29) is 17.9 Å². The van der Waals surface area contributed by atoms with Crippen LogP contribution < -0.4 is 0 Å². The quantitative estimate of drug-likeness (QED) is 0.181. The Hall–Kier alpha value is -1.87. The number of fused-ring (bicyclic) bond motifs is 1. The molecule has 0 radical (unpaired) electrons. The molecule has 0 amide bonds. The van der Waals surface area contributed by atoms with E-state index >= 15 is 0 Å². The Balaban J connectivity index is 1.36. The van der Waals surface area contributed by atoms with Gasteiger partial charge in [-0.1, -0.05) is 24.5 Å². The van der Waals surface area contributed by atoms with Gasteiger partial charge in [-0.3, -0.25) is 4.79 Å². The third-order valence-corrected chi connectivity index (χ3v) is 10.4. The Kier molecular flexibility index (Phi) is 9.72. The van der Waals surface area contributed by atoms with Crippen LogP contribution >= 0.6 is 0 Å². The summed E-state index contributed by atoms with van der Waals surface area (Å²) in [6.45, 7) is 5.31. The van der Waals surface area contributed by atoms with Crippen LogP contribution in [0.5, 0.6) is 0 Å². The highest BCUT2D eigenvalue weighted by atomic mass is 16.8. The van der Waals surface area contributed by atoms with Crippen LogP contribution in [0.1, 0.15) is 64.9 Å². The predicted octanol–water partition coefficient (Wildman–Crippen LogP) is 0.942. The molecule has 3 heterocycles. The van der Waals surface area contributed by atoms with Crippen molar-refractivity contribution in [3.63, 3.8) is 0 Å². The zero-order chi connectivity index (χ0) is 31.1. The second kappa shape index (κ2) is 12.9. The van der Waals surface area contributed by atoms with Crippen LogP contribution in [-0.2, 0) is 30.2 Å². The largest absolute Gasteiger partial charge is 0.472 e. The SMILES string of the molecule is CC1=C(CCc2ccoc2)[C@]2(C)CCC[C@](C)(C(=O)O[C@@H]3O[C@H](CO)[C@@H](O)[C@H](O)[C@H]3O[C@H]3OC[C@H](O)[C@H](O)[C@@H]3O)[C@@H]2CC1. The van der Waals surface area contributed by atoms with E-state index in [0.29, 0.717) is 6.42 Å². The summed E-state index contributed by atoms with van der Waals surface area (Å²) >= 11 is 0. The van der Waals surface area contributed by atoms with Gasteiger partial charge >= 0.3 is 5.97 Å². The number of esters is 1. The van der Waals surface area contributed by atoms with E-state index in [1.165, 1.54) is 11.1 Å². The molecule has 0 bridgehead atoms. The Morgan fingerprint density at radius 3 is 2.49 bits per heavy atom.